The fraction of sp³-hybridized carbons (Fsp3) is 0.267. The number of nitrogens with zero attached hydrogens (tertiary/aromatic N) is 3. The smallest absolute Gasteiger partial charge is 0.274 e. The quantitative estimate of drug-likeness (QED) is 0.908. The van der Waals surface area contributed by atoms with Crippen LogP contribution in [0.5, 0.6) is 0 Å². The van der Waals surface area contributed by atoms with Gasteiger partial charge in [0.05, 0.1) is 6.20 Å². The molecule has 1 amide bonds. The van der Waals surface area contributed by atoms with Gasteiger partial charge in [0, 0.05) is 43.1 Å². The van der Waals surface area contributed by atoms with E-state index in [1.165, 1.54) is 6.20 Å². The van der Waals surface area contributed by atoms with E-state index in [-0.39, 0.29) is 17.2 Å². The molecule has 6 nitrogen and oxygen atoms in total. The molecular weight excluding hydrogens is 304 g/mol. The lowest BCUT2D eigenvalue weighted by molar-refractivity contribution is 0.0740. The van der Waals surface area contributed by atoms with Crippen LogP contribution in [0, 0.1) is 0 Å². The van der Waals surface area contributed by atoms with Crippen molar-refractivity contribution in [2.45, 2.75) is 0 Å². The fourth-order valence-electron chi connectivity index (χ4n) is 2.46. The summed E-state index contributed by atoms with van der Waals surface area (Å²) < 4.78 is 0. The molecule has 0 bridgehead atoms. The van der Waals surface area contributed by atoms with Gasteiger partial charge in [0.15, 0.2) is 0 Å². The summed E-state index contributed by atoms with van der Waals surface area (Å²) in [6.45, 7) is 2.67. The molecular formula is C15H15ClN4O2. The van der Waals surface area contributed by atoms with Gasteiger partial charge in [-0.15, -0.1) is 0 Å². The van der Waals surface area contributed by atoms with E-state index in [2.05, 4.69) is 14.9 Å². The van der Waals surface area contributed by atoms with Crippen LogP contribution in [0.1, 0.15) is 10.5 Å². The van der Waals surface area contributed by atoms with Gasteiger partial charge >= 0.3 is 0 Å². The molecule has 1 aliphatic rings. The molecule has 2 aromatic rings. The highest BCUT2D eigenvalue weighted by Crippen LogP contribution is 2.21. The Morgan fingerprint density at radius 2 is 2.00 bits per heavy atom. The van der Waals surface area contributed by atoms with E-state index in [0.717, 1.165) is 25.0 Å². The van der Waals surface area contributed by atoms with E-state index in [9.17, 15) is 9.59 Å². The van der Waals surface area contributed by atoms with E-state index >= 15 is 0 Å². The fourth-order valence-corrected chi connectivity index (χ4v) is 2.65. The van der Waals surface area contributed by atoms with E-state index in [1.54, 1.807) is 4.90 Å². The number of aromatic nitrogens is 2. The molecule has 1 saturated heterocycles. The molecule has 0 saturated carbocycles. The topological polar surface area (TPSA) is 69.3 Å². The molecule has 1 aliphatic heterocycles. The van der Waals surface area contributed by atoms with Gasteiger partial charge in [-0.25, -0.2) is 4.98 Å². The van der Waals surface area contributed by atoms with E-state index in [4.69, 9.17) is 11.6 Å². The normalized spacial score (nSPS) is 15.0. The Morgan fingerprint density at radius 3 is 2.64 bits per heavy atom. The molecule has 0 atom stereocenters. The number of rotatable bonds is 2. The highest BCUT2D eigenvalue weighted by molar-refractivity contribution is 6.30. The Kier molecular flexibility index (Phi) is 4.11. The maximum atomic E-state index is 12.3. The van der Waals surface area contributed by atoms with Gasteiger partial charge in [-0.05, 0) is 18.2 Å². The van der Waals surface area contributed by atoms with E-state index < -0.39 is 0 Å². The zero-order valence-electron chi connectivity index (χ0n) is 11.8. The molecule has 0 radical (unpaired) electrons. The predicted molar refractivity (Wildman–Crippen MR) is 84.4 cm³/mol. The SMILES string of the molecule is O=C(c1c[nH]c(=O)cn1)N1CCN(c2cccc(Cl)c2)CC1. The van der Waals surface area contributed by atoms with E-state index in [1.807, 2.05) is 24.3 Å². The number of carbonyl (C=O) groups is 1. The van der Waals surface area contributed by atoms with Crippen LogP contribution >= 0.6 is 11.6 Å². The molecule has 1 aromatic carbocycles. The third-order valence-electron chi connectivity index (χ3n) is 3.63. The molecule has 0 aliphatic carbocycles. The van der Waals surface area contributed by atoms with Gasteiger partial charge in [0.1, 0.15) is 5.69 Å². The van der Waals surface area contributed by atoms with Crippen molar-refractivity contribution >= 4 is 23.2 Å². The molecule has 1 fully saturated rings. The van der Waals surface area contributed by atoms with Gasteiger partial charge in [-0.1, -0.05) is 17.7 Å². The molecule has 1 N–H and O–H groups in total. The molecule has 22 heavy (non-hydrogen) atoms. The zero-order valence-corrected chi connectivity index (χ0v) is 12.6. The van der Waals surface area contributed by atoms with Gasteiger partial charge in [0.2, 0.25) is 0 Å². The molecule has 1 aromatic heterocycles. The van der Waals surface area contributed by atoms with Crippen LogP contribution < -0.4 is 10.5 Å². The molecule has 3 rings (SSSR count). The monoisotopic (exact) mass is 318 g/mol. The van der Waals surface area contributed by atoms with Crippen molar-refractivity contribution in [1.29, 1.82) is 0 Å². The number of benzene rings is 1. The van der Waals surface area contributed by atoms with Crippen molar-refractivity contribution in [3.05, 3.63) is 57.7 Å². The molecule has 7 heteroatoms. The average Bonchev–Trinajstić information content (AvgIpc) is 2.55. The number of hydrogen-bond acceptors (Lipinski definition) is 4. The Labute approximate surface area is 132 Å². The number of carbonyl (C=O) groups excluding carboxylic acids is 1. The van der Waals surface area contributed by atoms with Crippen molar-refractivity contribution < 1.29 is 4.79 Å². The molecule has 0 unspecified atom stereocenters. The number of piperazine rings is 1. The Bertz CT molecular complexity index is 718. The number of anilines is 1. The van der Waals surface area contributed by atoms with Crippen molar-refractivity contribution in [3.63, 3.8) is 0 Å². The van der Waals surface area contributed by atoms with Crippen molar-refractivity contribution in [3.8, 4) is 0 Å². The van der Waals surface area contributed by atoms with Crippen LogP contribution in [0.4, 0.5) is 5.69 Å². The lowest BCUT2D eigenvalue weighted by Gasteiger charge is -2.36. The van der Waals surface area contributed by atoms with Crippen LogP contribution in [0.25, 0.3) is 0 Å². The first-order valence-electron chi connectivity index (χ1n) is 6.98. The highest BCUT2D eigenvalue weighted by atomic mass is 35.5. The number of aromatic amines is 1. The number of nitrogens with one attached hydrogen (secondary N) is 1. The van der Waals surface area contributed by atoms with Crippen LogP contribution in [0.2, 0.25) is 5.02 Å². The lowest BCUT2D eigenvalue weighted by atomic mass is 10.2. The van der Waals surface area contributed by atoms with Gasteiger partial charge in [-0.3, -0.25) is 9.59 Å². The first kappa shape index (κ1) is 14.6. The van der Waals surface area contributed by atoms with Crippen LogP contribution in [-0.2, 0) is 0 Å². The second kappa shape index (κ2) is 6.19. The summed E-state index contributed by atoms with van der Waals surface area (Å²) in [6.07, 6.45) is 2.48. The number of halogens is 1. The van der Waals surface area contributed by atoms with Crippen molar-refractivity contribution in [1.82, 2.24) is 14.9 Å². The third kappa shape index (κ3) is 3.12. The third-order valence-corrected chi connectivity index (χ3v) is 3.87. The first-order valence-corrected chi connectivity index (χ1v) is 7.36. The first-order chi connectivity index (χ1) is 10.6. The lowest BCUT2D eigenvalue weighted by Crippen LogP contribution is -2.49. The minimum absolute atomic E-state index is 0.165. The number of hydrogen-bond donors (Lipinski definition) is 1. The standard InChI is InChI=1S/C15H15ClN4O2/c16-11-2-1-3-12(8-11)19-4-6-20(7-5-19)15(22)13-9-18-14(21)10-17-13/h1-3,8-10H,4-7H2,(H,18,21). The summed E-state index contributed by atoms with van der Waals surface area (Å²) in [6, 6.07) is 7.68. The Morgan fingerprint density at radius 1 is 1.23 bits per heavy atom. The minimum atomic E-state index is -0.317. The molecule has 114 valence electrons. The van der Waals surface area contributed by atoms with Gasteiger partial charge in [-0.2, -0.15) is 0 Å². The molecule has 0 spiro atoms. The largest absolute Gasteiger partial charge is 0.368 e. The molecule has 2 heterocycles. The summed E-state index contributed by atoms with van der Waals surface area (Å²) in [4.78, 5) is 33.6. The summed E-state index contributed by atoms with van der Waals surface area (Å²) >= 11 is 6.01. The van der Waals surface area contributed by atoms with Crippen molar-refractivity contribution in [2.24, 2.45) is 0 Å². The summed E-state index contributed by atoms with van der Waals surface area (Å²) in [7, 11) is 0. The van der Waals surface area contributed by atoms with Crippen LogP contribution in [-0.4, -0.2) is 47.0 Å². The van der Waals surface area contributed by atoms with Crippen LogP contribution in [0.3, 0.4) is 0 Å². The van der Waals surface area contributed by atoms with Gasteiger partial charge < -0.3 is 14.8 Å². The summed E-state index contributed by atoms with van der Waals surface area (Å²) in [5.74, 6) is -0.165. The summed E-state index contributed by atoms with van der Waals surface area (Å²) in [5.41, 5.74) is 1.000. The highest BCUT2D eigenvalue weighted by Gasteiger charge is 2.23. The van der Waals surface area contributed by atoms with Crippen LogP contribution in [0.15, 0.2) is 41.5 Å². The maximum absolute atomic E-state index is 12.3. The van der Waals surface area contributed by atoms with Gasteiger partial charge in [0.25, 0.3) is 11.5 Å². The average molecular weight is 319 g/mol. The second-order valence-corrected chi connectivity index (χ2v) is 5.49. The maximum Gasteiger partial charge on any atom is 0.274 e. The minimum Gasteiger partial charge on any atom is -0.368 e. The predicted octanol–water partition coefficient (Wildman–Crippen LogP) is 1.39. The second-order valence-electron chi connectivity index (χ2n) is 5.06. The Hall–Kier alpha value is -2.34. The number of H-pyrrole nitrogens is 1. The zero-order chi connectivity index (χ0) is 15.5. The van der Waals surface area contributed by atoms with E-state index in [0.29, 0.717) is 18.1 Å². The Balaban J connectivity index is 1.65. The number of amides is 1. The summed E-state index contributed by atoms with van der Waals surface area (Å²) in [5, 5.41) is 0.702. The van der Waals surface area contributed by atoms with Crippen molar-refractivity contribution in [2.75, 3.05) is 31.1 Å².